The predicted octanol–water partition coefficient (Wildman–Crippen LogP) is 4.88. The van der Waals surface area contributed by atoms with Gasteiger partial charge in [-0.2, -0.15) is 5.10 Å². The molecule has 1 aromatic heterocycles. The quantitative estimate of drug-likeness (QED) is 0.806. The molecule has 1 aliphatic heterocycles. The number of hydrogen-bond acceptors (Lipinski definition) is 3. The first-order chi connectivity index (χ1) is 11.7. The Labute approximate surface area is 143 Å². The highest BCUT2D eigenvalue weighted by Gasteiger charge is 2.43. The van der Waals surface area contributed by atoms with E-state index < -0.39 is 0 Å². The summed E-state index contributed by atoms with van der Waals surface area (Å²) in [6.07, 6.45) is 5.71. The van der Waals surface area contributed by atoms with Crippen LogP contribution in [0, 0.1) is 0 Å². The Hall–Kier alpha value is -1.65. The second-order valence-electron chi connectivity index (χ2n) is 7.25. The van der Waals surface area contributed by atoms with Crippen LogP contribution in [0.1, 0.15) is 63.8 Å². The first kappa shape index (κ1) is 15.9. The second-order valence-corrected chi connectivity index (χ2v) is 7.25. The molecule has 128 valence electrons. The summed E-state index contributed by atoms with van der Waals surface area (Å²) in [6.45, 7) is 4.96. The first-order valence-corrected chi connectivity index (χ1v) is 9.13. The summed E-state index contributed by atoms with van der Waals surface area (Å²) in [5, 5.41) is 4.84. The monoisotopic (exact) mass is 326 g/mol. The third kappa shape index (κ3) is 2.89. The summed E-state index contributed by atoms with van der Waals surface area (Å²) in [6, 6.07) is 12.8. The minimum atomic E-state index is -0.345. The van der Waals surface area contributed by atoms with Gasteiger partial charge in [-0.1, -0.05) is 36.8 Å². The van der Waals surface area contributed by atoms with Crippen LogP contribution in [0.4, 0.5) is 0 Å². The van der Waals surface area contributed by atoms with E-state index in [1.807, 2.05) is 6.07 Å². The maximum absolute atomic E-state index is 6.43. The highest BCUT2D eigenvalue weighted by atomic mass is 16.7. The third-order valence-corrected chi connectivity index (χ3v) is 5.12. The van der Waals surface area contributed by atoms with Crippen LogP contribution in [0.15, 0.2) is 36.4 Å². The Bertz CT molecular complexity index is 687. The van der Waals surface area contributed by atoms with E-state index in [0.717, 1.165) is 29.8 Å². The average molecular weight is 326 g/mol. The Morgan fingerprint density at radius 2 is 1.88 bits per heavy atom. The molecule has 0 bridgehead atoms. The van der Waals surface area contributed by atoms with Crippen LogP contribution in [0.5, 0.6) is 0 Å². The SMILES string of the molecule is CC(C)n1nc(-c2ccccc2)cc1C1COC2(CCCCC2)O1. The van der Waals surface area contributed by atoms with E-state index in [0.29, 0.717) is 12.6 Å². The van der Waals surface area contributed by atoms with Crippen molar-refractivity contribution in [1.29, 1.82) is 0 Å². The molecule has 0 radical (unpaired) electrons. The molecule has 2 aliphatic rings. The van der Waals surface area contributed by atoms with Crippen LogP contribution >= 0.6 is 0 Å². The predicted molar refractivity (Wildman–Crippen MR) is 93.6 cm³/mol. The van der Waals surface area contributed by atoms with Crippen molar-refractivity contribution in [3.05, 3.63) is 42.1 Å². The Balaban J connectivity index is 1.64. The van der Waals surface area contributed by atoms with E-state index in [1.165, 1.54) is 19.3 Å². The fraction of sp³-hybridized carbons (Fsp3) is 0.550. The van der Waals surface area contributed by atoms with Gasteiger partial charge in [0.15, 0.2) is 5.79 Å². The number of ether oxygens (including phenoxy) is 2. The maximum Gasteiger partial charge on any atom is 0.169 e. The molecule has 0 amide bonds. The van der Waals surface area contributed by atoms with Gasteiger partial charge in [0.2, 0.25) is 0 Å². The Morgan fingerprint density at radius 1 is 1.12 bits per heavy atom. The topological polar surface area (TPSA) is 36.3 Å². The molecule has 1 aliphatic carbocycles. The van der Waals surface area contributed by atoms with Crippen LogP contribution in [-0.4, -0.2) is 22.2 Å². The Morgan fingerprint density at radius 3 is 2.58 bits per heavy atom. The van der Waals surface area contributed by atoms with Crippen molar-refractivity contribution >= 4 is 0 Å². The van der Waals surface area contributed by atoms with Gasteiger partial charge in [-0.3, -0.25) is 4.68 Å². The largest absolute Gasteiger partial charge is 0.347 e. The van der Waals surface area contributed by atoms with Crippen molar-refractivity contribution in [2.24, 2.45) is 0 Å². The molecule has 24 heavy (non-hydrogen) atoms. The summed E-state index contributed by atoms with van der Waals surface area (Å²) in [4.78, 5) is 0. The molecule has 1 saturated heterocycles. The lowest BCUT2D eigenvalue weighted by molar-refractivity contribution is -0.188. The van der Waals surface area contributed by atoms with Gasteiger partial charge >= 0.3 is 0 Å². The molecule has 0 N–H and O–H groups in total. The summed E-state index contributed by atoms with van der Waals surface area (Å²) < 4.78 is 14.7. The van der Waals surface area contributed by atoms with Gasteiger partial charge in [0.05, 0.1) is 18.0 Å². The lowest BCUT2D eigenvalue weighted by Crippen LogP contribution is -2.32. The van der Waals surface area contributed by atoms with Gasteiger partial charge in [0.1, 0.15) is 6.10 Å². The second kappa shape index (κ2) is 6.34. The van der Waals surface area contributed by atoms with E-state index in [4.69, 9.17) is 14.6 Å². The van der Waals surface area contributed by atoms with Gasteiger partial charge in [-0.05, 0) is 32.8 Å². The van der Waals surface area contributed by atoms with E-state index in [2.05, 4.69) is 48.9 Å². The summed E-state index contributed by atoms with van der Waals surface area (Å²) in [5.74, 6) is -0.345. The molecular formula is C20H26N2O2. The van der Waals surface area contributed by atoms with E-state index in [-0.39, 0.29) is 11.9 Å². The number of aromatic nitrogens is 2. The highest BCUT2D eigenvalue weighted by Crippen LogP contribution is 2.43. The van der Waals surface area contributed by atoms with Gasteiger partial charge in [-0.25, -0.2) is 0 Å². The van der Waals surface area contributed by atoms with Crippen LogP contribution in [0.3, 0.4) is 0 Å². The lowest BCUT2D eigenvalue weighted by atomic mass is 9.94. The normalized spacial score (nSPS) is 23.2. The molecule has 2 aromatic rings. The number of nitrogens with zero attached hydrogens (tertiary/aromatic N) is 2. The molecule has 2 heterocycles. The van der Waals surface area contributed by atoms with Crippen molar-refractivity contribution < 1.29 is 9.47 Å². The van der Waals surface area contributed by atoms with Gasteiger partial charge < -0.3 is 9.47 Å². The Kier molecular flexibility index (Phi) is 4.19. The number of rotatable bonds is 3. The first-order valence-electron chi connectivity index (χ1n) is 9.13. The molecule has 4 rings (SSSR count). The smallest absolute Gasteiger partial charge is 0.169 e. The molecular weight excluding hydrogens is 300 g/mol. The van der Waals surface area contributed by atoms with Crippen molar-refractivity contribution in [3.8, 4) is 11.3 Å². The number of benzene rings is 1. The molecule has 4 nitrogen and oxygen atoms in total. The minimum absolute atomic E-state index is 0.0181. The highest BCUT2D eigenvalue weighted by molar-refractivity contribution is 5.59. The summed E-state index contributed by atoms with van der Waals surface area (Å²) in [5.41, 5.74) is 3.28. The molecule has 1 saturated carbocycles. The maximum atomic E-state index is 6.43. The standard InChI is InChI=1S/C20H26N2O2/c1-15(2)22-18(13-17(21-22)16-9-5-3-6-10-16)19-14-23-20(24-19)11-7-4-8-12-20/h3,5-6,9-10,13,15,19H,4,7-8,11-12,14H2,1-2H3. The fourth-order valence-corrected chi connectivity index (χ4v) is 3.87. The summed E-state index contributed by atoms with van der Waals surface area (Å²) in [7, 11) is 0. The molecule has 1 aromatic carbocycles. The zero-order chi connectivity index (χ0) is 16.6. The third-order valence-electron chi connectivity index (χ3n) is 5.12. The van der Waals surface area contributed by atoms with Crippen LogP contribution in [0.2, 0.25) is 0 Å². The van der Waals surface area contributed by atoms with Crippen LogP contribution in [-0.2, 0) is 9.47 Å². The number of hydrogen-bond donors (Lipinski definition) is 0. The zero-order valence-corrected chi connectivity index (χ0v) is 14.6. The van der Waals surface area contributed by atoms with Gasteiger partial charge in [-0.15, -0.1) is 0 Å². The molecule has 2 fully saturated rings. The molecule has 4 heteroatoms. The summed E-state index contributed by atoms with van der Waals surface area (Å²) >= 11 is 0. The fourth-order valence-electron chi connectivity index (χ4n) is 3.87. The van der Waals surface area contributed by atoms with E-state index in [9.17, 15) is 0 Å². The lowest BCUT2D eigenvalue weighted by Gasteiger charge is -2.31. The molecule has 1 spiro atoms. The zero-order valence-electron chi connectivity index (χ0n) is 14.6. The van der Waals surface area contributed by atoms with Crippen molar-refractivity contribution in [1.82, 2.24) is 9.78 Å². The van der Waals surface area contributed by atoms with Crippen molar-refractivity contribution in [3.63, 3.8) is 0 Å². The minimum Gasteiger partial charge on any atom is -0.347 e. The van der Waals surface area contributed by atoms with E-state index >= 15 is 0 Å². The van der Waals surface area contributed by atoms with E-state index in [1.54, 1.807) is 0 Å². The van der Waals surface area contributed by atoms with Crippen molar-refractivity contribution in [2.45, 2.75) is 63.9 Å². The van der Waals surface area contributed by atoms with Crippen LogP contribution < -0.4 is 0 Å². The van der Waals surface area contributed by atoms with Crippen LogP contribution in [0.25, 0.3) is 11.3 Å². The average Bonchev–Trinajstić information content (AvgIpc) is 3.21. The van der Waals surface area contributed by atoms with Crippen molar-refractivity contribution in [2.75, 3.05) is 6.61 Å². The molecule has 1 unspecified atom stereocenters. The van der Waals surface area contributed by atoms with Gasteiger partial charge in [0.25, 0.3) is 0 Å². The molecule has 1 atom stereocenters. The van der Waals surface area contributed by atoms with Gasteiger partial charge in [0, 0.05) is 24.4 Å².